The Hall–Kier alpha value is -0.590. The summed E-state index contributed by atoms with van der Waals surface area (Å²) in [6.45, 7) is 5.07. The lowest BCUT2D eigenvalue weighted by Crippen LogP contribution is -2.08. The molecule has 4 nitrogen and oxygen atoms in total. The number of halogens is 1. The zero-order valence-corrected chi connectivity index (χ0v) is 11.2. The van der Waals surface area contributed by atoms with Gasteiger partial charge in [0.1, 0.15) is 0 Å². The molecule has 0 fully saturated rings. The van der Waals surface area contributed by atoms with Crippen LogP contribution in [0.25, 0.3) is 0 Å². The van der Waals surface area contributed by atoms with Crippen LogP contribution < -0.4 is 0 Å². The maximum atomic E-state index is 11.1. The molecule has 0 N–H and O–H groups in total. The van der Waals surface area contributed by atoms with Gasteiger partial charge in [0.15, 0.2) is 0 Å². The fourth-order valence-corrected chi connectivity index (χ4v) is 1.66. The van der Waals surface area contributed by atoms with Gasteiger partial charge in [0.05, 0.1) is 16.4 Å². The number of carbonyl (C=O) groups is 1. The average molecular weight is 322 g/mol. The lowest BCUT2D eigenvalue weighted by Gasteiger charge is -2.04. The summed E-state index contributed by atoms with van der Waals surface area (Å²) in [5, 5.41) is 4.22. The Morgan fingerprint density at radius 1 is 1.67 bits per heavy atom. The van der Waals surface area contributed by atoms with Gasteiger partial charge in [0.25, 0.3) is 0 Å². The van der Waals surface area contributed by atoms with E-state index in [0.717, 1.165) is 22.2 Å². The van der Waals surface area contributed by atoms with Gasteiger partial charge >= 0.3 is 5.97 Å². The number of rotatable bonds is 5. The molecular weight excluding hydrogens is 307 g/mol. The summed E-state index contributed by atoms with van der Waals surface area (Å²) in [6.07, 6.45) is 3.07. The van der Waals surface area contributed by atoms with Crippen molar-refractivity contribution in [2.75, 3.05) is 6.61 Å². The molecule has 0 radical (unpaired) electrons. The van der Waals surface area contributed by atoms with Crippen LogP contribution in [0.4, 0.5) is 0 Å². The first kappa shape index (κ1) is 12.5. The highest BCUT2D eigenvalue weighted by atomic mass is 127. The van der Waals surface area contributed by atoms with Crippen LogP contribution in [0.3, 0.4) is 0 Å². The maximum Gasteiger partial charge on any atom is 0.305 e. The van der Waals surface area contributed by atoms with Crippen LogP contribution in [0.2, 0.25) is 0 Å². The van der Waals surface area contributed by atoms with Crippen molar-refractivity contribution in [3.63, 3.8) is 0 Å². The van der Waals surface area contributed by atoms with Gasteiger partial charge < -0.3 is 4.74 Å². The Morgan fingerprint density at radius 2 is 2.40 bits per heavy atom. The molecular formula is C10H15IN2O2. The Bertz CT molecular complexity index is 336. The number of aromatic nitrogens is 2. The molecule has 1 aromatic heterocycles. The molecule has 0 spiro atoms. The molecule has 0 bridgehead atoms. The standard InChI is InChI=1S/C10H15IN2O2/c1-3-15-10(14)5-4-6-13-8(2)9(11)7-12-13/h7H,3-6H2,1-2H3. The van der Waals surface area contributed by atoms with Crippen molar-refractivity contribution in [2.24, 2.45) is 0 Å². The summed E-state index contributed by atoms with van der Waals surface area (Å²) in [7, 11) is 0. The van der Waals surface area contributed by atoms with Crippen LogP contribution in [0.15, 0.2) is 6.20 Å². The van der Waals surface area contributed by atoms with Crippen molar-refractivity contribution in [1.82, 2.24) is 9.78 Å². The van der Waals surface area contributed by atoms with Gasteiger partial charge in [-0.15, -0.1) is 0 Å². The van der Waals surface area contributed by atoms with Gasteiger partial charge in [-0.3, -0.25) is 9.48 Å². The first-order valence-electron chi connectivity index (χ1n) is 4.98. The van der Waals surface area contributed by atoms with Gasteiger partial charge in [-0.05, 0) is 42.9 Å². The Kier molecular flexibility index (Phi) is 5.07. The Labute approximate surface area is 103 Å². The second kappa shape index (κ2) is 6.09. The van der Waals surface area contributed by atoms with Gasteiger partial charge in [-0.1, -0.05) is 0 Å². The Morgan fingerprint density at radius 3 is 2.93 bits per heavy atom. The highest BCUT2D eigenvalue weighted by Crippen LogP contribution is 2.10. The van der Waals surface area contributed by atoms with Crippen molar-refractivity contribution in [3.8, 4) is 0 Å². The lowest BCUT2D eigenvalue weighted by molar-refractivity contribution is -0.143. The van der Waals surface area contributed by atoms with E-state index in [4.69, 9.17) is 4.74 Å². The zero-order chi connectivity index (χ0) is 11.3. The number of aryl methyl sites for hydroxylation is 1. The highest BCUT2D eigenvalue weighted by Gasteiger charge is 2.05. The first-order chi connectivity index (χ1) is 7.15. The fraction of sp³-hybridized carbons (Fsp3) is 0.600. The highest BCUT2D eigenvalue weighted by molar-refractivity contribution is 14.1. The third kappa shape index (κ3) is 3.81. The number of carbonyl (C=O) groups excluding carboxylic acids is 1. The summed E-state index contributed by atoms with van der Waals surface area (Å²) in [5.41, 5.74) is 1.15. The van der Waals surface area contributed by atoms with E-state index in [0.29, 0.717) is 13.0 Å². The molecule has 0 aliphatic carbocycles. The van der Waals surface area contributed by atoms with Gasteiger partial charge in [-0.2, -0.15) is 5.10 Å². The number of nitrogens with zero attached hydrogens (tertiary/aromatic N) is 2. The van der Waals surface area contributed by atoms with E-state index in [2.05, 4.69) is 27.7 Å². The molecule has 1 aromatic rings. The van der Waals surface area contributed by atoms with E-state index < -0.39 is 0 Å². The molecule has 0 aromatic carbocycles. The van der Waals surface area contributed by atoms with E-state index in [1.54, 1.807) is 0 Å². The maximum absolute atomic E-state index is 11.1. The molecule has 0 aliphatic heterocycles. The van der Waals surface area contributed by atoms with E-state index >= 15 is 0 Å². The zero-order valence-electron chi connectivity index (χ0n) is 8.99. The van der Waals surface area contributed by atoms with Crippen molar-refractivity contribution in [1.29, 1.82) is 0 Å². The second-order valence-electron chi connectivity index (χ2n) is 3.21. The molecule has 84 valence electrons. The number of hydrogen-bond acceptors (Lipinski definition) is 3. The third-order valence-corrected chi connectivity index (χ3v) is 3.16. The summed E-state index contributed by atoms with van der Waals surface area (Å²) in [6, 6.07) is 0. The minimum absolute atomic E-state index is 0.128. The first-order valence-corrected chi connectivity index (χ1v) is 6.06. The minimum atomic E-state index is -0.128. The van der Waals surface area contributed by atoms with E-state index in [-0.39, 0.29) is 5.97 Å². The van der Waals surface area contributed by atoms with Crippen molar-refractivity contribution >= 4 is 28.6 Å². The second-order valence-corrected chi connectivity index (χ2v) is 4.37. The molecule has 0 saturated heterocycles. The summed E-state index contributed by atoms with van der Waals surface area (Å²) in [5.74, 6) is -0.128. The van der Waals surface area contributed by atoms with Crippen LogP contribution in [-0.4, -0.2) is 22.4 Å². The van der Waals surface area contributed by atoms with E-state index in [1.165, 1.54) is 0 Å². The smallest absolute Gasteiger partial charge is 0.305 e. The quantitative estimate of drug-likeness (QED) is 0.616. The predicted octanol–water partition coefficient (Wildman–Crippen LogP) is 2.14. The van der Waals surface area contributed by atoms with Gasteiger partial charge in [0, 0.05) is 18.7 Å². The predicted molar refractivity (Wildman–Crippen MR) is 65.5 cm³/mol. The monoisotopic (exact) mass is 322 g/mol. The third-order valence-electron chi connectivity index (χ3n) is 2.10. The van der Waals surface area contributed by atoms with E-state index in [9.17, 15) is 4.79 Å². The number of hydrogen-bond donors (Lipinski definition) is 0. The van der Waals surface area contributed by atoms with Gasteiger partial charge in [-0.25, -0.2) is 0 Å². The lowest BCUT2D eigenvalue weighted by atomic mass is 10.3. The normalized spacial score (nSPS) is 10.3. The molecule has 0 unspecified atom stereocenters. The minimum Gasteiger partial charge on any atom is -0.466 e. The van der Waals surface area contributed by atoms with Crippen LogP contribution in [-0.2, 0) is 16.1 Å². The molecule has 0 atom stereocenters. The van der Waals surface area contributed by atoms with Crippen LogP contribution in [0.5, 0.6) is 0 Å². The summed E-state index contributed by atoms with van der Waals surface area (Å²) >= 11 is 2.25. The van der Waals surface area contributed by atoms with Crippen molar-refractivity contribution in [3.05, 3.63) is 15.5 Å². The van der Waals surface area contributed by atoms with Gasteiger partial charge in [0.2, 0.25) is 0 Å². The molecule has 0 aliphatic rings. The largest absolute Gasteiger partial charge is 0.466 e. The molecule has 1 rings (SSSR count). The average Bonchev–Trinajstić information content (AvgIpc) is 2.50. The van der Waals surface area contributed by atoms with Crippen LogP contribution in [0, 0.1) is 10.5 Å². The van der Waals surface area contributed by atoms with Crippen LogP contribution >= 0.6 is 22.6 Å². The van der Waals surface area contributed by atoms with Crippen molar-refractivity contribution in [2.45, 2.75) is 33.2 Å². The van der Waals surface area contributed by atoms with Crippen LogP contribution in [0.1, 0.15) is 25.5 Å². The molecule has 0 amide bonds. The Balaban J connectivity index is 2.32. The molecule has 5 heteroatoms. The number of esters is 1. The van der Waals surface area contributed by atoms with Crippen molar-refractivity contribution < 1.29 is 9.53 Å². The molecule has 0 saturated carbocycles. The molecule has 1 heterocycles. The SMILES string of the molecule is CCOC(=O)CCCn1ncc(I)c1C. The topological polar surface area (TPSA) is 44.1 Å². The number of ether oxygens (including phenoxy) is 1. The van der Waals surface area contributed by atoms with E-state index in [1.807, 2.05) is 24.7 Å². The fourth-order valence-electron chi connectivity index (χ4n) is 1.26. The summed E-state index contributed by atoms with van der Waals surface area (Å²) < 4.78 is 7.92. The summed E-state index contributed by atoms with van der Waals surface area (Å²) in [4.78, 5) is 11.1. The molecule has 15 heavy (non-hydrogen) atoms.